The third-order valence-electron chi connectivity index (χ3n) is 2.58. The van der Waals surface area contributed by atoms with Gasteiger partial charge in [0.2, 0.25) is 0 Å². The van der Waals surface area contributed by atoms with Gasteiger partial charge in [0, 0.05) is 18.5 Å². The van der Waals surface area contributed by atoms with Crippen LogP contribution in [0.4, 0.5) is 24.8 Å². The lowest BCUT2D eigenvalue weighted by Crippen LogP contribution is -2.13. The van der Waals surface area contributed by atoms with Crippen LogP contribution in [0.25, 0.3) is 5.52 Å². The lowest BCUT2D eigenvalue weighted by Gasteiger charge is -2.04. The molecule has 0 aliphatic heterocycles. The highest BCUT2D eigenvalue weighted by Gasteiger charge is 2.29. The third-order valence-corrected chi connectivity index (χ3v) is 2.58. The van der Waals surface area contributed by atoms with Gasteiger partial charge in [-0.1, -0.05) is 0 Å². The van der Waals surface area contributed by atoms with Gasteiger partial charge in [0.05, 0.1) is 11.9 Å². The molecule has 0 aliphatic carbocycles. The number of hydrogen-bond acceptors (Lipinski definition) is 5. The summed E-state index contributed by atoms with van der Waals surface area (Å²) in [6.45, 7) is -0.658. The standard InChI is InChI=1S/C11H9F3N6O/c12-11(13,14)21-6-7-5-8-10(15-3-4-20(8)19-7)17-9-1-2-16-18-9/h1-5H,6H2,(H2,15,16,17,18). The zero-order valence-corrected chi connectivity index (χ0v) is 10.4. The maximum Gasteiger partial charge on any atom is 0.522 e. The zero-order chi connectivity index (χ0) is 14.9. The second-order valence-electron chi connectivity index (χ2n) is 4.07. The van der Waals surface area contributed by atoms with E-state index in [0.29, 0.717) is 17.2 Å². The average molecular weight is 298 g/mol. The summed E-state index contributed by atoms with van der Waals surface area (Å²) in [5.41, 5.74) is 0.667. The predicted octanol–water partition coefficient (Wildman–Crippen LogP) is 2.23. The molecule has 3 aromatic rings. The number of aromatic amines is 1. The van der Waals surface area contributed by atoms with Crippen molar-refractivity contribution in [1.29, 1.82) is 0 Å². The minimum atomic E-state index is -4.69. The van der Waals surface area contributed by atoms with E-state index in [4.69, 9.17) is 0 Å². The molecule has 7 nitrogen and oxygen atoms in total. The quantitative estimate of drug-likeness (QED) is 0.772. The number of ether oxygens (including phenoxy) is 1. The van der Waals surface area contributed by atoms with Crippen LogP contribution >= 0.6 is 0 Å². The Morgan fingerprint density at radius 2 is 2.19 bits per heavy atom. The van der Waals surface area contributed by atoms with Crippen molar-refractivity contribution in [2.24, 2.45) is 0 Å². The van der Waals surface area contributed by atoms with Gasteiger partial charge in [-0.3, -0.25) is 9.84 Å². The number of anilines is 2. The molecule has 10 heteroatoms. The molecule has 2 N–H and O–H groups in total. The van der Waals surface area contributed by atoms with E-state index in [0.717, 1.165) is 0 Å². The van der Waals surface area contributed by atoms with Crippen LogP contribution in [0.2, 0.25) is 0 Å². The highest BCUT2D eigenvalue weighted by Crippen LogP contribution is 2.21. The van der Waals surface area contributed by atoms with E-state index in [2.05, 4.69) is 30.3 Å². The maximum atomic E-state index is 12.0. The molecule has 0 atom stereocenters. The first-order chi connectivity index (χ1) is 10.0. The Balaban J connectivity index is 1.87. The van der Waals surface area contributed by atoms with Gasteiger partial charge < -0.3 is 5.32 Å². The Labute approximate surface area is 115 Å². The molecule has 0 spiro atoms. The molecule has 0 fully saturated rings. The first-order valence-corrected chi connectivity index (χ1v) is 5.82. The molecule has 0 aromatic carbocycles. The summed E-state index contributed by atoms with van der Waals surface area (Å²) in [4.78, 5) is 4.12. The fraction of sp³-hybridized carbons (Fsp3) is 0.182. The van der Waals surface area contributed by atoms with Gasteiger partial charge in [0.15, 0.2) is 5.82 Å². The number of rotatable bonds is 4. The maximum absolute atomic E-state index is 12.0. The smallest absolute Gasteiger partial charge is 0.324 e. The van der Waals surface area contributed by atoms with Crippen LogP contribution in [-0.2, 0) is 11.3 Å². The molecule has 21 heavy (non-hydrogen) atoms. The molecule has 0 saturated carbocycles. The van der Waals surface area contributed by atoms with Crippen LogP contribution in [0, 0.1) is 0 Å². The Bertz CT molecular complexity index is 736. The summed E-state index contributed by atoms with van der Waals surface area (Å²) >= 11 is 0. The van der Waals surface area contributed by atoms with Crippen LogP contribution in [0.1, 0.15) is 5.69 Å². The summed E-state index contributed by atoms with van der Waals surface area (Å²) < 4.78 is 41.3. The van der Waals surface area contributed by atoms with E-state index < -0.39 is 13.0 Å². The van der Waals surface area contributed by atoms with Crippen LogP contribution in [0.5, 0.6) is 0 Å². The molecule has 0 amide bonds. The molecular formula is C11H9F3N6O. The highest BCUT2D eigenvalue weighted by atomic mass is 19.4. The van der Waals surface area contributed by atoms with Gasteiger partial charge in [-0.05, 0) is 6.07 Å². The van der Waals surface area contributed by atoms with Crippen molar-refractivity contribution in [3.05, 3.63) is 36.4 Å². The van der Waals surface area contributed by atoms with Gasteiger partial charge in [-0.15, -0.1) is 13.2 Å². The normalized spacial score (nSPS) is 12.0. The SMILES string of the molecule is FC(F)(F)OCc1cc2c(Nc3ccn[nH]3)nccn2n1. The Morgan fingerprint density at radius 3 is 2.90 bits per heavy atom. The molecule has 0 bridgehead atoms. The first kappa shape index (κ1) is 13.4. The molecule has 110 valence electrons. The van der Waals surface area contributed by atoms with Gasteiger partial charge in [-0.25, -0.2) is 9.50 Å². The average Bonchev–Trinajstić information content (AvgIpc) is 3.04. The number of fused-ring (bicyclic) bond motifs is 1. The van der Waals surface area contributed by atoms with Crippen molar-refractivity contribution in [3.8, 4) is 0 Å². The van der Waals surface area contributed by atoms with Crippen molar-refractivity contribution >= 4 is 17.2 Å². The van der Waals surface area contributed by atoms with Crippen molar-refractivity contribution in [2.45, 2.75) is 13.0 Å². The van der Waals surface area contributed by atoms with E-state index in [9.17, 15) is 13.2 Å². The topological polar surface area (TPSA) is 80.1 Å². The van der Waals surface area contributed by atoms with Crippen molar-refractivity contribution < 1.29 is 17.9 Å². The monoisotopic (exact) mass is 298 g/mol. The summed E-state index contributed by atoms with van der Waals surface area (Å²) in [7, 11) is 0. The van der Waals surface area contributed by atoms with E-state index in [1.807, 2.05) is 0 Å². The van der Waals surface area contributed by atoms with Crippen molar-refractivity contribution in [1.82, 2.24) is 24.8 Å². The van der Waals surface area contributed by atoms with Crippen LogP contribution in [-0.4, -0.2) is 31.2 Å². The molecular weight excluding hydrogens is 289 g/mol. The van der Waals surface area contributed by atoms with Crippen molar-refractivity contribution in [2.75, 3.05) is 5.32 Å². The number of H-pyrrole nitrogens is 1. The summed E-state index contributed by atoms with van der Waals surface area (Å²) in [6, 6.07) is 3.16. The number of nitrogens with one attached hydrogen (secondary N) is 2. The van der Waals surface area contributed by atoms with E-state index >= 15 is 0 Å². The number of nitrogens with zero attached hydrogens (tertiary/aromatic N) is 4. The van der Waals surface area contributed by atoms with Gasteiger partial charge >= 0.3 is 6.36 Å². The zero-order valence-electron chi connectivity index (χ0n) is 10.4. The Kier molecular flexibility index (Phi) is 3.22. The fourth-order valence-corrected chi connectivity index (χ4v) is 1.75. The molecule has 3 heterocycles. The van der Waals surface area contributed by atoms with Crippen LogP contribution in [0.15, 0.2) is 30.7 Å². The van der Waals surface area contributed by atoms with Gasteiger partial charge in [-0.2, -0.15) is 10.2 Å². The second-order valence-corrected chi connectivity index (χ2v) is 4.07. The fourth-order valence-electron chi connectivity index (χ4n) is 1.75. The summed E-state index contributed by atoms with van der Waals surface area (Å²) in [6.07, 6.45) is -0.121. The molecule has 0 aliphatic rings. The van der Waals surface area contributed by atoms with Crippen LogP contribution < -0.4 is 5.32 Å². The van der Waals surface area contributed by atoms with Crippen molar-refractivity contribution in [3.63, 3.8) is 0 Å². The lowest BCUT2D eigenvalue weighted by atomic mass is 10.4. The number of alkyl halides is 3. The van der Waals surface area contributed by atoms with E-state index in [1.165, 1.54) is 23.0 Å². The number of hydrogen-bond donors (Lipinski definition) is 2. The van der Waals surface area contributed by atoms with E-state index in [1.54, 1.807) is 12.3 Å². The third kappa shape index (κ3) is 3.11. The van der Waals surface area contributed by atoms with Gasteiger partial charge in [0.1, 0.15) is 17.9 Å². The molecule has 3 aromatic heterocycles. The van der Waals surface area contributed by atoms with Gasteiger partial charge in [0.25, 0.3) is 0 Å². The summed E-state index contributed by atoms with van der Waals surface area (Å²) in [5.74, 6) is 1.04. The lowest BCUT2D eigenvalue weighted by molar-refractivity contribution is -0.330. The number of halogens is 3. The number of aromatic nitrogens is 5. The Hall–Kier alpha value is -2.62. The molecule has 3 rings (SSSR count). The largest absolute Gasteiger partial charge is 0.522 e. The van der Waals surface area contributed by atoms with E-state index in [-0.39, 0.29) is 5.69 Å². The highest BCUT2D eigenvalue weighted by molar-refractivity contribution is 5.71. The molecule has 0 unspecified atom stereocenters. The Morgan fingerprint density at radius 1 is 1.33 bits per heavy atom. The molecule has 0 saturated heterocycles. The predicted molar refractivity (Wildman–Crippen MR) is 65.7 cm³/mol. The summed E-state index contributed by atoms with van der Waals surface area (Å²) in [5, 5.41) is 13.4. The second kappa shape index (κ2) is 5.05. The van der Waals surface area contributed by atoms with Crippen LogP contribution in [0.3, 0.4) is 0 Å². The minimum absolute atomic E-state index is 0.146. The molecule has 0 radical (unpaired) electrons. The first-order valence-electron chi connectivity index (χ1n) is 5.82. The minimum Gasteiger partial charge on any atom is -0.324 e.